The van der Waals surface area contributed by atoms with Crippen molar-refractivity contribution in [1.82, 2.24) is 20.1 Å². The summed E-state index contributed by atoms with van der Waals surface area (Å²) in [6.45, 7) is 0. The molecule has 2 rings (SSSR count). The lowest BCUT2D eigenvalue weighted by atomic mass is 10.0. The number of nitrogen functional groups attached to an aromatic ring is 1. The maximum Gasteiger partial charge on any atom is 0.0641 e. The minimum Gasteiger partial charge on any atom is -0.398 e. The third-order valence-electron chi connectivity index (χ3n) is 2.54. The molecule has 1 unspecified atom stereocenters. The Kier molecular flexibility index (Phi) is 2.87. The predicted molar refractivity (Wildman–Crippen MR) is 62.8 cm³/mol. The number of nitrogens with zero attached hydrogens (tertiary/aromatic N) is 3. The maximum absolute atomic E-state index is 5.93. The van der Waals surface area contributed by atoms with Crippen LogP contribution < -0.4 is 11.1 Å². The van der Waals surface area contributed by atoms with Crippen LogP contribution >= 0.6 is 0 Å². The number of anilines is 1. The summed E-state index contributed by atoms with van der Waals surface area (Å²) in [4.78, 5) is 4.10. The second kappa shape index (κ2) is 4.32. The van der Waals surface area contributed by atoms with Crippen LogP contribution in [0.5, 0.6) is 0 Å². The zero-order valence-corrected chi connectivity index (χ0v) is 9.38. The Morgan fingerprint density at radius 2 is 2.25 bits per heavy atom. The lowest BCUT2D eigenvalue weighted by molar-refractivity contribution is 0.688. The summed E-state index contributed by atoms with van der Waals surface area (Å²) in [5, 5.41) is 7.37. The lowest BCUT2D eigenvalue weighted by Crippen LogP contribution is -2.18. The maximum atomic E-state index is 5.93. The molecule has 2 aromatic rings. The summed E-state index contributed by atoms with van der Waals surface area (Å²) < 4.78 is 1.77. The Labute approximate surface area is 94.3 Å². The van der Waals surface area contributed by atoms with Crippen molar-refractivity contribution < 1.29 is 0 Å². The van der Waals surface area contributed by atoms with E-state index in [1.165, 1.54) is 0 Å². The van der Waals surface area contributed by atoms with Gasteiger partial charge in [-0.2, -0.15) is 5.10 Å². The van der Waals surface area contributed by atoms with Gasteiger partial charge in [0.05, 0.1) is 12.2 Å². The standard InChI is InChI=1S/C11H15N5/c1-13-11(8-5-15-16(2)7-8)9-6-14-4-3-10(9)12/h3-7,11,13H,1-2H3,(H2,12,14). The Balaban J connectivity index is 2.40. The number of hydrogen-bond donors (Lipinski definition) is 2. The number of nitrogens with one attached hydrogen (secondary N) is 1. The molecule has 0 saturated heterocycles. The van der Waals surface area contributed by atoms with Crippen LogP contribution in [0.3, 0.4) is 0 Å². The Morgan fingerprint density at radius 1 is 1.44 bits per heavy atom. The van der Waals surface area contributed by atoms with Gasteiger partial charge in [-0.1, -0.05) is 0 Å². The van der Waals surface area contributed by atoms with Gasteiger partial charge in [-0.3, -0.25) is 9.67 Å². The topological polar surface area (TPSA) is 68.8 Å². The highest BCUT2D eigenvalue weighted by atomic mass is 15.2. The average Bonchev–Trinajstić information content (AvgIpc) is 2.69. The van der Waals surface area contributed by atoms with E-state index in [-0.39, 0.29) is 6.04 Å². The molecule has 0 amide bonds. The van der Waals surface area contributed by atoms with Gasteiger partial charge in [0.2, 0.25) is 0 Å². The molecule has 2 heterocycles. The molecule has 0 radical (unpaired) electrons. The van der Waals surface area contributed by atoms with Gasteiger partial charge in [-0.25, -0.2) is 0 Å². The van der Waals surface area contributed by atoms with Crippen molar-refractivity contribution in [2.45, 2.75) is 6.04 Å². The molecule has 2 aromatic heterocycles. The minimum atomic E-state index is 0.0300. The Morgan fingerprint density at radius 3 is 2.81 bits per heavy atom. The second-order valence-corrected chi connectivity index (χ2v) is 3.67. The fourth-order valence-electron chi connectivity index (χ4n) is 1.75. The summed E-state index contributed by atoms with van der Waals surface area (Å²) in [5.74, 6) is 0. The number of aryl methyl sites for hydroxylation is 1. The first kappa shape index (κ1) is 10.6. The van der Waals surface area contributed by atoms with Crippen LogP contribution in [-0.2, 0) is 7.05 Å². The summed E-state index contributed by atoms with van der Waals surface area (Å²) in [6.07, 6.45) is 7.26. The smallest absolute Gasteiger partial charge is 0.0641 e. The van der Waals surface area contributed by atoms with Crippen molar-refractivity contribution in [3.63, 3.8) is 0 Å². The third-order valence-corrected chi connectivity index (χ3v) is 2.54. The van der Waals surface area contributed by atoms with Crippen LogP contribution in [0.2, 0.25) is 0 Å². The highest BCUT2D eigenvalue weighted by Crippen LogP contribution is 2.24. The lowest BCUT2D eigenvalue weighted by Gasteiger charge is -2.16. The van der Waals surface area contributed by atoms with Crippen molar-refractivity contribution >= 4 is 5.69 Å². The highest BCUT2D eigenvalue weighted by Gasteiger charge is 2.16. The minimum absolute atomic E-state index is 0.0300. The molecule has 3 N–H and O–H groups in total. The monoisotopic (exact) mass is 217 g/mol. The second-order valence-electron chi connectivity index (χ2n) is 3.67. The van der Waals surface area contributed by atoms with E-state index in [1.807, 2.05) is 26.5 Å². The van der Waals surface area contributed by atoms with E-state index >= 15 is 0 Å². The molecule has 0 fully saturated rings. The van der Waals surface area contributed by atoms with E-state index in [2.05, 4.69) is 15.4 Å². The number of rotatable bonds is 3. The molecule has 5 heteroatoms. The van der Waals surface area contributed by atoms with Gasteiger partial charge < -0.3 is 11.1 Å². The van der Waals surface area contributed by atoms with Gasteiger partial charge in [0.25, 0.3) is 0 Å². The largest absolute Gasteiger partial charge is 0.398 e. The van der Waals surface area contributed by atoms with Crippen molar-refractivity contribution in [1.29, 1.82) is 0 Å². The predicted octanol–water partition coefficient (Wildman–Crippen LogP) is 0.706. The fourth-order valence-corrected chi connectivity index (χ4v) is 1.75. The molecule has 16 heavy (non-hydrogen) atoms. The van der Waals surface area contributed by atoms with Crippen molar-refractivity contribution in [2.75, 3.05) is 12.8 Å². The van der Waals surface area contributed by atoms with Crippen molar-refractivity contribution in [3.8, 4) is 0 Å². The average molecular weight is 217 g/mol. The first-order valence-corrected chi connectivity index (χ1v) is 5.07. The first-order chi connectivity index (χ1) is 7.72. The van der Waals surface area contributed by atoms with Gasteiger partial charge in [-0.05, 0) is 13.1 Å². The van der Waals surface area contributed by atoms with Gasteiger partial charge in [0, 0.05) is 42.5 Å². The van der Waals surface area contributed by atoms with Crippen LogP contribution in [0.1, 0.15) is 17.2 Å². The highest BCUT2D eigenvalue weighted by molar-refractivity contribution is 5.49. The van der Waals surface area contributed by atoms with E-state index in [4.69, 9.17) is 5.73 Å². The molecular formula is C11H15N5. The first-order valence-electron chi connectivity index (χ1n) is 5.07. The Bertz CT molecular complexity index is 477. The van der Waals surface area contributed by atoms with Gasteiger partial charge in [0.1, 0.15) is 0 Å². The molecule has 0 spiro atoms. The van der Waals surface area contributed by atoms with Crippen molar-refractivity contribution in [2.24, 2.45) is 7.05 Å². The summed E-state index contributed by atoms with van der Waals surface area (Å²) in [5.41, 5.74) is 8.71. The van der Waals surface area contributed by atoms with Crippen LogP contribution in [0.15, 0.2) is 30.9 Å². The van der Waals surface area contributed by atoms with E-state index < -0.39 is 0 Å². The normalized spacial score (nSPS) is 12.6. The van der Waals surface area contributed by atoms with E-state index in [1.54, 1.807) is 23.1 Å². The molecule has 0 saturated carbocycles. The van der Waals surface area contributed by atoms with Crippen LogP contribution in [-0.4, -0.2) is 21.8 Å². The molecule has 0 bridgehead atoms. The van der Waals surface area contributed by atoms with Crippen molar-refractivity contribution in [3.05, 3.63) is 42.0 Å². The summed E-state index contributed by atoms with van der Waals surface area (Å²) >= 11 is 0. The van der Waals surface area contributed by atoms with Gasteiger partial charge in [-0.15, -0.1) is 0 Å². The SMILES string of the molecule is CNC(c1cnn(C)c1)c1cnccc1N. The molecular weight excluding hydrogens is 202 g/mol. The number of pyridine rings is 1. The van der Waals surface area contributed by atoms with Crippen LogP contribution in [0.25, 0.3) is 0 Å². The molecule has 0 aliphatic heterocycles. The zero-order valence-electron chi connectivity index (χ0n) is 9.38. The van der Waals surface area contributed by atoms with Crippen LogP contribution in [0, 0.1) is 0 Å². The molecule has 0 aliphatic rings. The summed E-state index contributed by atoms with van der Waals surface area (Å²) in [6, 6.07) is 1.83. The quantitative estimate of drug-likeness (QED) is 0.794. The van der Waals surface area contributed by atoms with E-state index in [0.717, 1.165) is 16.8 Å². The van der Waals surface area contributed by atoms with Crippen LogP contribution in [0.4, 0.5) is 5.69 Å². The third kappa shape index (κ3) is 1.90. The van der Waals surface area contributed by atoms with E-state index in [9.17, 15) is 0 Å². The summed E-state index contributed by atoms with van der Waals surface area (Å²) in [7, 11) is 3.78. The zero-order chi connectivity index (χ0) is 11.5. The van der Waals surface area contributed by atoms with Gasteiger partial charge in [0.15, 0.2) is 0 Å². The number of aromatic nitrogens is 3. The number of hydrogen-bond acceptors (Lipinski definition) is 4. The molecule has 5 nitrogen and oxygen atoms in total. The molecule has 0 aliphatic carbocycles. The molecule has 0 aromatic carbocycles. The number of nitrogens with two attached hydrogens (primary N) is 1. The van der Waals surface area contributed by atoms with E-state index in [0.29, 0.717) is 0 Å². The Hall–Kier alpha value is -1.88. The van der Waals surface area contributed by atoms with Gasteiger partial charge >= 0.3 is 0 Å². The molecule has 1 atom stereocenters. The fraction of sp³-hybridized carbons (Fsp3) is 0.273. The molecule has 84 valence electrons.